The molecule has 3 fully saturated rings. The molecule has 2 bridgehead atoms. The number of furan rings is 1. The predicted octanol–water partition coefficient (Wildman–Crippen LogP) is 3.90. The zero-order valence-electron chi connectivity index (χ0n) is 11.1. The Morgan fingerprint density at radius 3 is 2.65 bits per heavy atom. The normalized spacial score (nSPS) is 39.2. The molecule has 104 valence electrons. The summed E-state index contributed by atoms with van der Waals surface area (Å²) in [5.74, 6) is 3.59. The number of hydrogen-bond acceptors (Lipinski definition) is 2. The lowest BCUT2D eigenvalue weighted by Gasteiger charge is -2.12. The first-order valence-corrected chi connectivity index (χ1v) is 7.60. The Labute approximate surface area is 116 Å². The van der Waals surface area contributed by atoms with Gasteiger partial charge in [-0.15, -0.1) is 0 Å². The zero-order chi connectivity index (χ0) is 13.4. The number of fused-ring (bicyclic) bond motifs is 6. The van der Waals surface area contributed by atoms with Gasteiger partial charge in [-0.2, -0.15) is 0 Å². The molecule has 20 heavy (non-hydrogen) atoms. The van der Waals surface area contributed by atoms with E-state index in [1.807, 2.05) is 6.07 Å². The van der Waals surface area contributed by atoms with E-state index in [1.165, 1.54) is 25.3 Å². The molecule has 3 aliphatic rings. The van der Waals surface area contributed by atoms with Crippen LogP contribution in [0, 0.1) is 35.4 Å². The van der Waals surface area contributed by atoms with Crippen molar-refractivity contribution in [3.63, 3.8) is 0 Å². The minimum atomic E-state index is -0.555. The molecule has 2 nitrogen and oxygen atoms in total. The summed E-state index contributed by atoms with van der Waals surface area (Å²) >= 11 is 0. The summed E-state index contributed by atoms with van der Waals surface area (Å²) in [5.41, 5.74) is 0.273. The molecule has 0 aliphatic heterocycles. The van der Waals surface area contributed by atoms with Crippen molar-refractivity contribution in [2.75, 3.05) is 0 Å². The Balaban J connectivity index is 1.49. The molecule has 3 aliphatic carbocycles. The van der Waals surface area contributed by atoms with Crippen LogP contribution in [0.1, 0.15) is 31.1 Å². The van der Waals surface area contributed by atoms with Crippen molar-refractivity contribution in [2.45, 2.75) is 25.4 Å². The van der Waals surface area contributed by atoms with Crippen molar-refractivity contribution in [2.24, 2.45) is 29.6 Å². The van der Waals surface area contributed by atoms with E-state index >= 15 is 0 Å². The molecule has 1 aromatic carbocycles. The summed E-state index contributed by atoms with van der Waals surface area (Å²) in [6.07, 6.45) is 3.49. The topological polar surface area (TPSA) is 33.4 Å². The van der Waals surface area contributed by atoms with Gasteiger partial charge in [0.15, 0.2) is 11.4 Å². The molecule has 0 spiro atoms. The highest BCUT2D eigenvalue weighted by atomic mass is 19.1. The van der Waals surface area contributed by atoms with Crippen LogP contribution in [0.2, 0.25) is 0 Å². The highest BCUT2D eigenvalue weighted by Crippen LogP contribution is 2.72. The number of rotatable bonds is 2. The van der Waals surface area contributed by atoms with Gasteiger partial charge in [-0.3, -0.25) is 0 Å². The molecule has 5 unspecified atom stereocenters. The largest absolute Gasteiger partial charge is 0.455 e. The van der Waals surface area contributed by atoms with E-state index in [-0.39, 0.29) is 11.4 Å². The smallest absolute Gasteiger partial charge is 0.170 e. The molecule has 3 saturated carbocycles. The molecule has 1 N–H and O–H groups in total. The van der Waals surface area contributed by atoms with Gasteiger partial charge >= 0.3 is 0 Å². The Morgan fingerprint density at radius 1 is 1.20 bits per heavy atom. The van der Waals surface area contributed by atoms with Gasteiger partial charge < -0.3 is 9.52 Å². The van der Waals surface area contributed by atoms with Crippen LogP contribution in [0.4, 0.5) is 4.39 Å². The molecule has 0 saturated heterocycles. The predicted molar refractivity (Wildman–Crippen MR) is 72.4 cm³/mol. The number of aliphatic hydroxyl groups is 1. The Bertz CT molecular complexity index is 675. The van der Waals surface area contributed by atoms with Crippen LogP contribution in [-0.2, 0) is 0 Å². The third-order valence-corrected chi connectivity index (χ3v) is 5.97. The van der Waals surface area contributed by atoms with Crippen LogP contribution in [0.25, 0.3) is 11.0 Å². The van der Waals surface area contributed by atoms with Crippen LogP contribution < -0.4 is 0 Å². The van der Waals surface area contributed by atoms with Gasteiger partial charge in [0.2, 0.25) is 0 Å². The van der Waals surface area contributed by atoms with Gasteiger partial charge in [-0.1, -0.05) is 12.1 Å². The van der Waals surface area contributed by atoms with E-state index in [2.05, 4.69) is 0 Å². The van der Waals surface area contributed by atoms with Crippen molar-refractivity contribution in [3.05, 3.63) is 35.8 Å². The van der Waals surface area contributed by atoms with E-state index in [4.69, 9.17) is 4.42 Å². The van der Waals surface area contributed by atoms with Crippen LogP contribution in [-0.4, -0.2) is 5.11 Å². The summed E-state index contributed by atoms with van der Waals surface area (Å²) in [5, 5.41) is 11.3. The van der Waals surface area contributed by atoms with Crippen LogP contribution in [0.5, 0.6) is 0 Å². The van der Waals surface area contributed by atoms with Gasteiger partial charge in [0, 0.05) is 5.39 Å². The first-order valence-electron chi connectivity index (χ1n) is 7.60. The van der Waals surface area contributed by atoms with Crippen LogP contribution >= 0.6 is 0 Å². The molecule has 5 rings (SSSR count). The van der Waals surface area contributed by atoms with Crippen molar-refractivity contribution in [1.82, 2.24) is 0 Å². The maximum absolute atomic E-state index is 13.7. The Hall–Kier alpha value is -1.35. The Kier molecular flexibility index (Phi) is 2.06. The average molecular weight is 272 g/mol. The molecule has 3 heteroatoms. The molecule has 1 aromatic heterocycles. The molecule has 5 atom stereocenters. The summed E-state index contributed by atoms with van der Waals surface area (Å²) in [7, 11) is 0. The summed E-state index contributed by atoms with van der Waals surface area (Å²) < 4.78 is 19.3. The maximum Gasteiger partial charge on any atom is 0.170 e. The minimum Gasteiger partial charge on any atom is -0.455 e. The minimum absolute atomic E-state index is 0.273. The first kappa shape index (κ1) is 11.3. The standard InChI is InChI=1S/C17H17FO2/c18-11-3-1-2-10-7-12(20-17(10)11)16(19)15-13-8-4-5-9(6-8)14(13)15/h1-3,7-9,13-16,19H,4-6H2. The van der Waals surface area contributed by atoms with E-state index < -0.39 is 6.10 Å². The van der Waals surface area contributed by atoms with Crippen LogP contribution in [0.15, 0.2) is 28.7 Å². The summed E-state index contributed by atoms with van der Waals surface area (Å²) in [4.78, 5) is 0. The second-order valence-corrected chi connectivity index (χ2v) is 6.82. The monoisotopic (exact) mass is 272 g/mol. The first-order chi connectivity index (χ1) is 9.74. The Morgan fingerprint density at radius 2 is 1.95 bits per heavy atom. The second kappa shape index (κ2) is 3.64. The quantitative estimate of drug-likeness (QED) is 0.899. The summed E-state index contributed by atoms with van der Waals surface area (Å²) in [6.45, 7) is 0. The number of aliphatic hydroxyl groups excluding tert-OH is 1. The van der Waals surface area contributed by atoms with Crippen molar-refractivity contribution >= 4 is 11.0 Å². The fourth-order valence-electron chi connectivity index (χ4n) is 5.20. The number of benzene rings is 1. The lowest BCUT2D eigenvalue weighted by molar-refractivity contribution is 0.108. The molecular formula is C17H17FO2. The lowest BCUT2D eigenvalue weighted by atomic mass is 9.98. The highest BCUT2D eigenvalue weighted by Gasteiger charge is 2.67. The SMILES string of the molecule is OC(c1cc2cccc(F)c2o1)C1C2C3CCC(C3)C21. The molecule has 1 heterocycles. The van der Waals surface area contributed by atoms with E-state index in [0.717, 1.165) is 17.2 Å². The van der Waals surface area contributed by atoms with E-state index in [9.17, 15) is 9.50 Å². The van der Waals surface area contributed by atoms with Gasteiger partial charge in [0.25, 0.3) is 0 Å². The third kappa shape index (κ3) is 1.32. The maximum atomic E-state index is 13.7. The number of para-hydroxylation sites is 1. The number of hydrogen-bond donors (Lipinski definition) is 1. The molecule has 2 aromatic rings. The highest BCUT2D eigenvalue weighted by molar-refractivity contribution is 5.78. The molecule has 0 amide bonds. The van der Waals surface area contributed by atoms with Gasteiger partial charge in [0.1, 0.15) is 11.9 Å². The van der Waals surface area contributed by atoms with Crippen LogP contribution in [0.3, 0.4) is 0 Å². The molecular weight excluding hydrogens is 255 g/mol. The fraction of sp³-hybridized carbons (Fsp3) is 0.529. The molecule has 0 radical (unpaired) electrons. The van der Waals surface area contributed by atoms with E-state index in [0.29, 0.717) is 23.5 Å². The van der Waals surface area contributed by atoms with Crippen molar-refractivity contribution in [3.8, 4) is 0 Å². The average Bonchev–Trinajstić information content (AvgIpc) is 2.84. The summed E-state index contributed by atoms with van der Waals surface area (Å²) in [6, 6.07) is 6.71. The van der Waals surface area contributed by atoms with E-state index in [1.54, 1.807) is 12.1 Å². The van der Waals surface area contributed by atoms with Gasteiger partial charge in [-0.05, 0) is 61.0 Å². The lowest BCUT2D eigenvalue weighted by Crippen LogP contribution is -2.07. The van der Waals surface area contributed by atoms with Gasteiger partial charge in [-0.25, -0.2) is 4.39 Å². The second-order valence-electron chi connectivity index (χ2n) is 6.82. The number of halogens is 1. The van der Waals surface area contributed by atoms with Crippen molar-refractivity contribution in [1.29, 1.82) is 0 Å². The zero-order valence-corrected chi connectivity index (χ0v) is 11.1. The fourth-order valence-corrected chi connectivity index (χ4v) is 5.20. The van der Waals surface area contributed by atoms with Gasteiger partial charge in [0.05, 0.1) is 0 Å². The van der Waals surface area contributed by atoms with Crippen molar-refractivity contribution < 1.29 is 13.9 Å². The third-order valence-electron chi connectivity index (χ3n) is 5.97.